The van der Waals surface area contributed by atoms with Crippen molar-refractivity contribution in [3.05, 3.63) is 48.3 Å². The van der Waals surface area contributed by atoms with Gasteiger partial charge in [-0.15, -0.1) is 0 Å². The number of rotatable bonds is 4. The maximum Gasteiger partial charge on any atom is 0.0660 e. The fraction of sp³-hybridized carbons (Fsp3) is 0.471. The zero-order valence-electron chi connectivity index (χ0n) is 12.7. The van der Waals surface area contributed by atoms with Crippen molar-refractivity contribution in [3.63, 3.8) is 0 Å². The summed E-state index contributed by atoms with van der Waals surface area (Å²) in [6.45, 7) is 5.96. The van der Waals surface area contributed by atoms with E-state index in [0.29, 0.717) is 6.04 Å². The Bertz CT molecular complexity index is 577. The van der Waals surface area contributed by atoms with Crippen LogP contribution in [-0.4, -0.2) is 28.0 Å². The predicted molar refractivity (Wildman–Crippen MR) is 84.4 cm³/mol. The van der Waals surface area contributed by atoms with E-state index in [0.717, 1.165) is 26.0 Å². The molecule has 1 atom stereocenters. The third-order valence-electron chi connectivity index (χ3n) is 3.90. The van der Waals surface area contributed by atoms with E-state index < -0.39 is 0 Å². The maximum absolute atomic E-state index is 5.78. The van der Waals surface area contributed by atoms with Crippen LogP contribution in [-0.2, 0) is 11.3 Å². The second-order valence-electron chi connectivity index (χ2n) is 6.35. The number of anilines is 1. The molecule has 1 aliphatic heterocycles. The molecule has 0 radical (unpaired) electrons. The summed E-state index contributed by atoms with van der Waals surface area (Å²) in [5.41, 5.74) is 2.42. The minimum atomic E-state index is -0.0252. The molecule has 2 heterocycles. The van der Waals surface area contributed by atoms with Gasteiger partial charge in [0, 0.05) is 30.7 Å². The molecule has 1 unspecified atom stereocenters. The molecular weight excluding hydrogens is 262 g/mol. The van der Waals surface area contributed by atoms with Crippen molar-refractivity contribution in [1.29, 1.82) is 0 Å². The first-order valence-corrected chi connectivity index (χ1v) is 7.58. The monoisotopic (exact) mass is 285 g/mol. The lowest BCUT2D eigenvalue weighted by atomic mass is 9.94. The van der Waals surface area contributed by atoms with Gasteiger partial charge in [0.2, 0.25) is 0 Å². The van der Waals surface area contributed by atoms with Gasteiger partial charge in [0.25, 0.3) is 0 Å². The molecule has 1 fully saturated rings. The number of benzene rings is 1. The molecule has 0 aliphatic carbocycles. The smallest absolute Gasteiger partial charge is 0.0660 e. The molecular formula is C17H23N3O. The van der Waals surface area contributed by atoms with E-state index in [4.69, 9.17) is 4.74 Å². The summed E-state index contributed by atoms with van der Waals surface area (Å²) in [6.07, 6.45) is 5.90. The van der Waals surface area contributed by atoms with E-state index in [1.165, 1.54) is 11.3 Å². The topological polar surface area (TPSA) is 39.1 Å². The Morgan fingerprint density at radius 1 is 1.38 bits per heavy atom. The summed E-state index contributed by atoms with van der Waals surface area (Å²) in [5, 5.41) is 7.90. The van der Waals surface area contributed by atoms with E-state index in [2.05, 4.69) is 48.5 Å². The molecule has 0 spiro atoms. The Kier molecular flexibility index (Phi) is 3.97. The van der Waals surface area contributed by atoms with Crippen LogP contribution in [0.1, 0.15) is 32.3 Å². The molecule has 0 amide bonds. The summed E-state index contributed by atoms with van der Waals surface area (Å²) in [7, 11) is 0. The van der Waals surface area contributed by atoms with Crippen LogP contribution in [0.25, 0.3) is 0 Å². The van der Waals surface area contributed by atoms with Crippen molar-refractivity contribution >= 4 is 5.69 Å². The van der Waals surface area contributed by atoms with Crippen LogP contribution < -0.4 is 5.32 Å². The lowest BCUT2D eigenvalue weighted by Gasteiger charge is -2.36. The number of hydrogen-bond donors (Lipinski definition) is 1. The third-order valence-corrected chi connectivity index (χ3v) is 3.90. The molecule has 1 aromatic heterocycles. The molecule has 1 N–H and O–H groups in total. The fourth-order valence-corrected chi connectivity index (χ4v) is 2.93. The Morgan fingerprint density at radius 2 is 2.29 bits per heavy atom. The van der Waals surface area contributed by atoms with Gasteiger partial charge < -0.3 is 10.1 Å². The van der Waals surface area contributed by atoms with Crippen molar-refractivity contribution < 1.29 is 4.74 Å². The summed E-state index contributed by atoms with van der Waals surface area (Å²) in [5.74, 6) is 0. The van der Waals surface area contributed by atoms with Gasteiger partial charge in [0.05, 0.1) is 12.1 Å². The number of aromatic nitrogens is 2. The second-order valence-corrected chi connectivity index (χ2v) is 6.35. The zero-order valence-corrected chi connectivity index (χ0v) is 12.7. The van der Waals surface area contributed by atoms with Gasteiger partial charge in [-0.2, -0.15) is 5.10 Å². The number of nitrogens with one attached hydrogen (secondary N) is 1. The van der Waals surface area contributed by atoms with Gasteiger partial charge in [-0.1, -0.05) is 12.1 Å². The first kappa shape index (κ1) is 14.1. The Hall–Kier alpha value is -1.81. The average Bonchev–Trinajstić information content (AvgIpc) is 2.91. The lowest BCUT2D eigenvalue weighted by molar-refractivity contribution is -0.0553. The zero-order chi connectivity index (χ0) is 14.7. The predicted octanol–water partition coefficient (Wildman–Crippen LogP) is 3.30. The van der Waals surface area contributed by atoms with E-state index in [1.807, 2.05) is 23.1 Å². The maximum atomic E-state index is 5.78. The van der Waals surface area contributed by atoms with E-state index in [1.54, 1.807) is 0 Å². The minimum absolute atomic E-state index is 0.0252. The van der Waals surface area contributed by atoms with E-state index in [9.17, 15) is 0 Å². The van der Waals surface area contributed by atoms with Crippen LogP contribution in [0.4, 0.5) is 5.69 Å². The summed E-state index contributed by atoms with van der Waals surface area (Å²) in [6, 6.07) is 11.0. The molecule has 4 heteroatoms. The highest BCUT2D eigenvalue weighted by Gasteiger charge is 2.28. The SMILES string of the molecule is CC1(C)CC(Nc2cccc(Cn3cccn3)c2)CCO1. The molecule has 4 nitrogen and oxygen atoms in total. The molecule has 0 bridgehead atoms. The highest BCUT2D eigenvalue weighted by Crippen LogP contribution is 2.26. The number of hydrogen-bond acceptors (Lipinski definition) is 3. The molecule has 2 aromatic rings. The van der Waals surface area contributed by atoms with E-state index in [-0.39, 0.29) is 5.60 Å². The average molecular weight is 285 g/mol. The van der Waals surface area contributed by atoms with Crippen LogP contribution in [0.5, 0.6) is 0 Å². The van der Waals surface area contributed by atoms with Crippen molar-refractivity contribution in [3.8, 4) is 0 Å². The molecule has 112 valence electrons. The Morgan fingerprint density at radius 3 is 3.05 bits per heavy atom. The standard InChI is InChI=1S/C17H23N3O/c1-17(2)12-16(7-10-21-17)19-15-6-3-5-14(11-15)13-20-9-4-8-18-20/h3-6,8-9,11,16,19H,7,10,12-13H2,1-2H3. The molecule has 1 aromatic carbocycles. The Balaban J connectivity index is 1.65. The number of ether oxygens (including phenoxy) is 1. The van der Waals surface area contributed by atoms with E-state index >= 15 is 0 Å². The van der Waals surface area contributed by atoms with Crippen LogP contribution in [0.15, 0.2) is 42.7 Å². The van der Waals surface area contributed by atoms with Crippen LogP contribution >= 0.6 is 0 Å². The molecule has 21 heavy (non-hydrogen) atoms. The van der Waals surface area contributed by atoms with Crippen molar-refractivity contribution in [2.24, 2.45) is 0 Å². The summed E-state index contributed by atoms with van der Waals surface area (Å²) < 4.78 is 7.72. The first-order valence-electron chi connectivity index (χ1n) is 7.58. The normalized spacial score (nSPS) is 21.1. The molecule has 0 saturated carbocycles. The summed E-state index contributed by atoms with van der Waals surface area (Å²) in [4.78, 5) is 0. The highest BCUT2D eigenvalue weighted by molar-refractivity contribution is 5.46. The molecule has 1 aliphatic rings. The first-order chi connectivity index (χ1) is 10.1. The molecule has 1 saturated heterocycles. The van der Waals surface area contributed by atoms with Gasteiger partial charge in [0.15, 0.2) is 0 Å². The van der Waals surface area contributed by atoms with Crippen LogP contribution in [0, 0.1) is 0 Å². The van der Waals surface area contributed by atoms with Gasteiger partial charge in [0.1, 0.15) is 0 Å². The van der Waals surface area contributed by atoms with Crippen molar-refractivity contribution in [1.82, 2.24) is 9.78 Å². The van der Waals surface area contributed by atoms with Gasteiger partial charge in [-0.25, -0.2) is 0 Å². The van der Waals surface area contributed by atoms with Crippen LogP contribution in [0.3, 0.4) is 0 Å². The van der Waals surface area contributed by atoms with Gasteiger partial charge >= 0.3 is 0 Å². The number of nitrogens with zero attached hydrogens (tertiary/aromatic N) is 2. The second kappa shape index (κ2) is 5.90. The van der Waals surface area contributed by atoms with Gasteiger partial charge in [-0.05, 0) is 50.5 Å². The largest absolute Gasteiger partial charge is 0.382 e. The van der Waals surface area contributed by atoms with Crippen molar-refractivity contribution in [2.45, 2.75) is 44.9 Å². The molecule has 3 rings (SSSR count). The quantitative estimate of drug-likeness (QED) is 0.937. The minimum Gasteiger partial charge on any atom is -0.382 e. The highest BCUT2D eigenvalue weighted by atomic mass is 16.5. The Labute approximate surface area is 126 Å². The third kappa shape index (κ3) is 3.85. The van der Waals surface area contributed by atoms with Gasteiger partial charge in [-0.3, -0.25) is 4.68 Å². The fourth-order valence-electron chi connectivity index (χ4n) is 2.93. The van der Waals surface area contributed by atoms with Crippen LogP contribution in [0.2, 0.25) is 0 Å². The summed E-state index contributed by atoms with van der Waals surface area (Å²) >= 11 is 0. The lowest BCUT2D eigenvalue weighted by Crippen LogP contribution is -2.40. The van der Waals surface area contributed by atoms with Crippen molar-refractivity contribution in [2.75, 3.05) is 11.9 Å².